The molecular formula is C29H27Cl2N3O6S. The number of nitrogens with zero attached hydrogens (tertiary/aromatic N) is 2. The van der Waals surface area contributed by atoms with Crippen molar-refractivity contribution >= 4 is 45.3 Å². The summed E-state index contributed by atoms with van der Waals surface area (Å²) >= 11 is 12.2. The minimum absolute atomic E-state index is 0.0264. The standard InChI is InChI=1S/C29H27Cl2N3O6S/c1-19-4-10-24(11-5-19)41(36,37)34(17-20-6-12-25(30)26(31)14-20)18-23-9-8-22(40-23)16-32-33-29(35)21-7-13-27(38-2)28(15-21)39-3/h4-16H,17-18H2,1-3H3,(H,33,35)/b32-16-. The number of aryl methyl sites for hydroxylation is 1. The van der Waals surface area contributed by atoms with Gasteiger partial charge in [-0.1, -0.05) is 47.0 Å². The quantitative estimate of drug-likeness (QED) is 0.162. The van der Waals surface area contributed by atoms with Gasteiger partial charge in [-0.2, -0.15) is 9.41 Å². The summed E-state index contributed by atoms with van der Waals surface area (Å²) in [6, 6.07) is 19.6. The minimum Gasteiger partial charge on any atom is -0.493 e. The molecule has 1 aromatic heterocycles. The van der Waals surface area contributed by atoms with Crippen LogP contribution >= 0.6 is 23.2 Å². The number of sulfonamides is 1. The smallest absolute Gasteiger partial charge is 0.271 e. The lowest BCUT2D eigenvalue weighted by molar-refractivity contribution is 0.0954. The highest BCUT2D eigenvalue weighted by molar-refractivity contribution is 7.89. The highest BCUT2D eigenvalue weighted by Gasteiger charge is 2.26. The maximum atomic E-state index is 13.6. The number of furan rings is 1. The lowest BCUT2D eigenvalue weighted by Gasteiger charge is -2.22. The second kappa shape index (κ2) is 13.2. The van der Waals surface area contributed by atoms with Crippen molar-refractivity contribution in [1.29, 1.82) is 0 Å². The molecule has 1 amide bonds. The van der Waals surface area contributed by atoms with Gasteiger partial charge in [0.15, 0.2) is 11.5 Å². The Hall–Kier alpha value is -3.83. The van der Waals surface area contributed by atoms with Gasteiger partial charge in [0.1, 0.15) is 11.5 Å². The number of carbonyl (C=O) groups excluding carboxylic acids is 1. The number of hydrogen-bond donors (Lipinski definition) is 1. The van der Waals surface area contributed by atoms with E-state index in [0.717, 1.165) is 5.56 Å². The topological polar surface area (TPSA) is 110 Å². The van der Waals surface area contributed by atoms with Crippen molar-refractivity contribution in [2.75, 3.05) is 14.2 Å². The molecule has 0 aliphatic rings. The molecule has 0 atom stereocenters. The Bertz CT molecular complexity index is 1670. The van der Waals surface area contributed by atoms with Gasteiger partial charge in [0.2, 0.25) is 10.0 Å². The summed E-state index contributed by atoms with van der Waals surface area (Å²) in [5.41, 5.74) is 4.33. The first-order valence-corrected chi connectivity index (χ1v) is 14.4. The lowest BCUT2D eigenvalue weighted by Crippen LogP contribution is -2.30. The zero-order chi connectivity index (χ0) is 29.6. The van der Waals surface area contributed by atoms with E-state index in [-0.39, 0.29) is 18.0 Å². The molecule has 0 fully saturated rings. The van der Waals surface area contributed by atoms with Gasteiger partial charge in [-0.05, 0) is 67.1 Å². The van der Waals surface area contributed by atoms with Gasteiger partial charge in [-0.25, -0.2) is 13.8 Å². The molecule has 0 unspecified atom stereocenters. The molecule has 0 aliphatic carbocycles. The Morgan fingerprint density at radius 2 is 1.66 bits per heavy atom. The second-order valence-electron chi connectivity index (χ2n) is 8.91. The van der Waals surface area contributed by atoms with Gasteiger partial charge >= 0.3 is 0 Å². The van der Waals surface area contributed by atoms with E-state index in [1.54, 1.807) is 66.7 Å². The number of halogens is 2. The number of hydrogen-bond acceptors (Lipinski definition) is 7. The average molecular weight is 617 g/mol. The normalized spacial score (nSPS) is 11.7. The summed E-state index contributed by atoms with van der Waals surface area (Å²) in [6.45, 7) is 1.84. The number of methoxy groups -OCH3 is 2. The van der Waals surface area contributed by atoms with Crippen LogP contribution in [0.15, 0.2) is 87.2 Å². The summed E-state index contributed by atoms with van der Waals surface area (Å²) in [5.74, 6) is 1.12. The predicted octanol–water partition coefficient (Wildman–Crippen LogP) is 6.07. The number of ether oxygens (including phenoxy) is 2. The molecule has 0 saturated heterocycles. The Morgan fingerprint density at radius 3 is 2.34 bits per heavy atom. The van der Waals surface area contributed by atoms with Crippen molar-refractivity contribution in [2.45, 2.75) is 24.9 Å². The van der Waals surface area contributed by atoms with Crippen LogP contribution in [0, 0.1) is 6.92 Å². The predicted molar refractivity (Wildman–Crippen MR) is 157 cm³/mol. The van der Waals surface area contributed by atoms with Gasteiger partial charge in [0.05, 0.1) is 41.9 Å². The molecule has 0 aliphatic heterocycles. The molecule has 12 heteroatoms. The van der Waals surface area contributed by atoms with Crippen LogP contribution in [-0.4, -0.2) is 39.1 Å². The summed E-state index contributed by atoms with van der Waals surface area (Å²) in [6.07, 6.45) is 1.32. The van der Waals surface area contributed by atoms with Crippen LogP contribution in [0.2, 0.25) is 10.0 Å². The fourth-order valence-corrected chi connectivity index (χ4v) is 5.56. The van der Waals surface area contributed by atoms with Crippen LogP contribution in [0.5, 0.6) is 11.5 Å². The number of rotatable bonds is 11. The van der Waals surface area contributed by atoms with Crippen LogP contribution in [0.4, 0.5) is 0 Å². The summed E-state index contributed by atoms with van der Waals surface area (Å²) in [5, 5.41) is 4.64. The van der Waals surface area contributed by atoms with Gasteiger partial charge < -0.3 is 13.9 Å². The molecule has 9 nitrogen and oxygen atoms in total. The van der Waals surface area contributed by atoms with E-state index in [0.29, 0.717) is 44.2 Å². The van der Waals surface area contributed by atoms with Crippen LogP contribution < -0.4 is 14.9 Å². The molecule has 1 heterocycles. The number of carbonyl (C=O) groups is 1. The molecule has 3 aromatic carbocycles. The lowest BCUT2D eigenvalue weighted by atomic mass is 10.2. The van der Waals surface area contributed by atoms with Gasteiger partial charge in [0, 0.05) is 12.1 Å². The van der Waals surface area contributed by atoms with Gasteiger partial charge in [0.25, 0.3) is 5.91 Å². The highest BCUT2D eigenvalue weighted by Crippen LogP contribution is 2.28. The Balaban J connectivity index is 1.50. The van der Waals surface area contributed by atoms with Crippen molar-refractivity contribution < 1.29 is 27.1 Å². The molecule has 4 aromatic rings. The number of benzene rings is 3. The Kier molecular flexibility index (Phi) is 9.72. The number of nitrogens with one attached hydrogen (secondary N) is 1. The summed E-state index contributed by atoms with van der Waals surface area (Å²) < 4.78 is 44.7. The van der Waals surface area contributed by atoms with Crippen LogP contribution in [0.1, 0.15) is 33.0 Å². The van der Waals surface area contributed by atoms with Crippen molar-refractivity contribution in [2.24, 2.45) is 5.10 Å². The molecule has 41 heavy (non-hydrogen) atoms. The second-order valence-corrected chi connectivity index (χ2v) is 11.7. The molecular weight excluding hydrogens is 589 g/mol. The number of hydrazone groups is 1. The minimum atomic E-state index is -3.91. The molecule has 0 bridgehead atoms. The van der Waals surface area contributed by atoms with E-state index in [4.69, 9.17) is 37.1 Å². The third-order valence-electron chi connectivity index (χ3n) is 6.02. The van der Waals surface area contributed by atoms with Gasteiger partial charge in [-0.15, -0.1) is 0 Å². The first kappa shape index (κ1) is 30.1. The van der Waals surface area contributed by atoms with Crippen LogP contribution in [-0.2, 0) is 23.1 Å². The van der Waals surface area contributed by atoms with Crippen molar-refractivity contribution in [1.82, 2.24) is 9.73 Å². The Labute approximate surface area is 248 Å². The van der Waals surface area contributed by atoms with E-state index in [1.165, 1.54) is 30.8 Å². The zero-order valence-electron chi connectivity index (χ0n) is 22.4. The molecule has 1 N–H and O–H groups in total. The van der Waals surface area contributed by atoms with E-state index < -0.39 is 15.9 Å². The summed E-state index contributed by atoms with van der Waals surface area (Å²) in [4.78, 5) is 12.6. The van der Waals surface area contributed by atoms with Crippen LogP contribution in [0.3, 0.4) is 0 Å². The monoisotopic (exact) mass is 615 g/mol. The van der Waals surface area contributed by atoms with E-state index in [1.807, 2.05) is 6.92 Å². The molecule has 0 saturated carbocycles. The third-order valence-corrected chi connectivity index (χ3v) is 8.56. The maximum absolute atomic E-state index is 13.6. The molecule has 0 radical (unpaired) electrons. The fourth-order valence-electron chi connectivity index (χ4n) is 3.85. The van der Waals surface area contributed by atoms with Crippen molar-refractivity contribution in [3.8, 4) is 11.5 Å². The molecule has 4 rings (SSSR count). The molecule has 214 valence electrons. The van der Waals surface area contributed by atoms with E-state index in [2.05, 4.69) is 10.5 Å². The average Bonchev–Trinajstić information content (AvgIpc) is 3.41. The largest absolute Gasteiger partial charge is 0.493 e. The van der Waals surface area contributed by atoms with E-state index >= 15 is 0 Å². The Morgan fingerprint density at radius 1 is 0.927 bits per heavy atom. The molecule has 0 spiro atoms. The maximum Gasteiger partial charge on any atom is 0.271 e. The van der Waals surface area contributed by atoms with Crippen molar-refractivity contribution in [3.05, 3.63) is 111 Å². The number of amides is 1. The SMILES string of the molecule is COc1ccc(C(=O)N/N=C\c2ccc(CN(Cc3ccc(Cl)c(Cl)c3)S(=O)(=O)c3ccc(C)cc3)o2)cc1OC. The highest BCUT2D eigenvalue weighted by atomic mass is 35.5. The summed E-state index contributed by atoms with van der Waals surface area (Å²) in [7, 11) is -0.930. The van der Waals surface area contributed by atoms with Crippen molar-refractivity contribution in [3.63, 3.8) is 0 Å². The first-order chi connectivity index (χ1) is 19.6. The van der Waals surface area contributed by atoms with E-state index in [9.17, 15) is 13.2 Å². The van der Waals surface area contributed by atoms with Gasteiger partial charge in [-0.3, -0.25) is 4.79 Å². The zero-order valence-corrected chi connectivity index (χ0v) is 24.8. The third kappa shape index (κ3) is 7.47. The van der Waals surface area contributed by atoms with Crippen LogP contribution in [0.25, 0.3) is 0 Å². The first-order valence-electron chi connectivity index (χ1n) is 12.3. The fraction of sp³-hybridized carbons (Fsp3) is 0.172.